The van der Waals surface area contributed by atoms with Crippen LogP contribution in [0.25, 0.3) is 0 Å². The van der Waals surface area contributed by atoms with Gasteiger partial charge in [0.15, 0.2) is 0 Å². The van der Waals surface area contributed by atoms with Crippen molar-refractivity contribution < 1.29 is 4.74 Å². The largest absolute Gasteiger partial charge is 0.381 e. The van der Waals surface area contributed by atoms with Crippen LogP contribution in [0.5, 0.6) is 0 Å². The summed E-state index contributed by atoms with van der Waals surface area (Å²) in [5.41, 5.74) is 3.08. The van der Waals surface area contributed by atoms with Crippen LogP contribution in [0.4, 0.5) is 0 Å². The lowest BCUT2D eigenvalue weighted by molar-refractivity contribution is 0.178. The molecule has 0 bridgehead atoms. The number of hydrogen-bond acceptors (Lipinski definition) is 2. The van der Waals surface area contributed by atoms with Gasteiger partial charge in [-0.1, -0.05) is 45.0 Å². The van der Waals surface area contributed by atoms with Gasteiger partial charge in [0.05, 0.1) is 6.61 Å². The third kappa shape index (κ3) is 3.18. The maximum absolute atomic E-state index is 5.52. The second-order valence-corrected chi connectivity index (χ2v) is 6.25. The molecule has 0 aliphatic carbocycles. The van der Waals surface area contributed by atoms with E-state index < -0.39 is 0 Å². The standard InChI is InChI=1S/C17H27NO/c1-5-17(2,3)15-8-6-13(7-9-15)16(18-4)14-10-11-19-12-14/h6-9,14,16,18H,5,10-12H2,1-4H3. The zero-order chi connectivity index (χ0) is 13.9. The quantitative estimate of drug-likeness (QED) is 0.873. The molecule has 1 N–H and O–H groups in total. The number of ether oxygens (including phenoxy) is 1. The molecular weight excluding hydrogens is 234 g/mol. The van der Waals surface area contributed by atoms with Gasteiger partial charge in [-0.2, -0.15) is 0 Å². The first-order valence-electron chi connectivity index (χ1n) is 7.44. The minimum atomic E-state index is 0.268. The van der Waals surface area contributed by atoms with Crippen molar-refractivity contribution in [3.8, 4) is 0 Å². The van der Waals surface area contributed by atoms with Gasteiger partial charge in [-0.3, -0.25) is 0 Å². The summed E-state index contributed by atoms with van der Waals surface area (Å²) in [7, 11) is 2.05. The Morgan fingerprint density at radius 2 is 2.00 bits per heavy atom. The van der Waals surface area contributed by atoms with Crippen LogP contribution in [0.1, 0.15) is 50.8 Å². The molecule has 1 saturated heterocycles. The fraction of sp³-hybridized carbons (Fsp3) is 0.647. The molecule has 1 aliphatic heterocycles. The van der Waals surface area contributed by atoms with Crippen LogP contribution in [-0.4, -0.2) is 20.3 Å². The molecule has 0 radical (unpaired) electrons. The number of nitrogens with one attached hydrogen (secondary N) is 1. The van der Waals surface area contributed by atoms with Crippen molar-refractivity contribution in [2.24, 2.45) is 5.92 Å². The molecule has 1 aromatic carbocycles. The van der Waals surface area contributed by atoms with Gasteiger partial charge < -0.3 is 10.1 Å². The first kappa shape index (κ1) is 14.5. The minimum absolute atomic E-state index is 0.268. The van der Waals surface area contributed by atoms with E-state index >= 15 is 0 Å². The van der Waals surface area contributed by atoms with Gasteiger partial charge in [0.1, 0.15) is 0 Å². The second kappa shape index (κ2) is 6.06. The summed E-state index contributed by atoms with van der Waals surface area (Å²) in [5, 5.41) is 3.45. The predicted molar refractivity (Wildman–Crippen MR) is 80.5 cm³/mol. The Bertz CT molecular complexity index is 390. The molecule has 0 aromatic heterocycles. The summed E-state index contributed by atoms with van der Waals surface area (Å²) in [4.78, 5) is 0. The number of rotatable bonds is 5. The van der Waals surface area contributed by atoms with Crippen molar-refractivity contribution >= 4 is 0 Å². The molecule has 106 valence electrons. The molecule has 0 spiro atoms. The highest BCUT2D eigenvalue weighted by molar-refractivity contribution is 5.30. The van der Waals surface area contributed by atoms with Crippen molar-refractivity contribution in [2.75, 3.05) is 20.3 Å². The average molecular weight is 261 g/mol. The van der Waals surface area contributed by atoms with Crippen LogP contribution in [0, 0.1) is 5.92 Å². The highest BCUT2D eigenvalue weighted by Crippen LogP contribution is 2.31. The summed E-state index contributed by atoms with van der Waals surface area (Å²) in [6, 6.07) is 9.57. The SMILES string of the molecule is CCC(C)(C)c1ccc(C(NC)C2CCOC2)cc1. The molecule has 1 aromatic rings. The van der Waals surface area contributed by atoms with Gasteiger partial charge in [-0.05, 0) is 36.4 Å². The van der Waals surface area contributed by atoms with Crippen LogP contribution in [-0.2, 0) is 10.2 Å². The van der Waals surface area contributed by atoms with E-state index in [4.69, 9.17) is 4.74 Å². The van der Waals surface area contributed by atoms with Crippen molar-refractivity contribution in [1.29, 1.82) is 0 Å². The smallest absolute Gasteiger partial charge is 0.0513 e. The Hall–Kier alpha value is -0.860. The lowest BCUT2D eigenvalue weighted by atomic mass is 9.81. The molecule has 2 nitrogen and oxygen atoms in total. The third-order valence-electron chi connectivity index (χ3n) is 4.68. The highest BCUT2D eigenvalue weighted by atomic mass is 16.5. The predicted octanol–water partition coefficient (Wildman–Crippen LogP) is 3.67. The molecule has 19 heavy (non-hydrogen) atoms. The van der Waals surface area contributed by atoms with Gasteiger partial charge in [-0.25, -0.2) is 0 Å². The van der Waals surface area contributed by atoms with Crippen LogP contribution >= 0.6 is 0 Å². The van der Waals surface area contributed by atoms with E-state index in [2.05, 4.69) is 50.4 Å². The van der Waals surface area contributed by atoms with Gasteiger partial charge >= 0.3 is 0 Å². The van der Waals surface area contributed by atoms with Gasteiger partial charge in [-0.15, -0.1) is 0 Å². The highest BCUT2D eigenvalue weighted by Gasteiger charge is 2.26. The van der Waals surface area contributed by atoms with Crippen molar-refractivity contribution in [2.45, 2.75) is 45.1 Å². The molecule has 0 amide bonds. The summed E-state index contributed by atoms with van der Waals surface area (Å²) >= 11 is 0. The van der Waals surface area contributed by atoms with Crippen LogP contribution in [0.3, 0.4) is 0 Å². The summed E-state index contributed by atoms with van der Waals surface area (Å²) in [5.74, 6) is 0.607. The first-order chi connectivity index (χ1) is 9.08. The lowest BCUT2D eigenvalue weighted by Crippen LogP contribution is -2.25. The molecule has 2 rings (SSSR count). The summed E-state index contributed by atoms with van der Waals surface area (Å²) in [6.07, 6.45) is 2.33. The fourth-order valence-electron chi connectivity index (χ4n) is 2.84. The fourth-order valence-corrected chi connectivity index (χ4v) is 2.84. The molecule has 1 heterocycles. The molecule has 2 heteroatoms. The maximum atomic E-state index is 5.52. The number of benzene rings is 1. The Labute approximate surface area is 117 Å². The third-order valence-corrected chi connectivity index (χ3v) is 4.68. The van der Waals surface area contributed by atoms with E-state index in [1.807, 2.05) is 7.05 Å². The molecule has 1 aliphatic rings. The molecule has 1 fully saturated rings. The monoisotopic (exact) mass is 261 g/mol. The first-order valence-corrected chi connectivity index (χ1v) is 7.44. The average Bonchev–Trinajstić information content (AvgIpc) is 2.94. The molecule has 2 unspecified atom stereocenters. The van der Waals surface area contributed by atoms with Gasteiger partial charge in [0, 0.05) is 18.6 Å². The van der Waals surface area contributed by atoms with Gasteiger partial charge in [0.25, 0.3) is 0 Å². The van der Waals surface area contributed by atoms with Crippen molar-refractivity contribution in [1.82, 2.24) is 5.32 Å². The minimum Gasteiger partial charge on any atom is -0.381 e. The molecule has 2 atom stereocenters. The van der Waals surface area contributed by atoms with E-state index in [0.717, 1.165) is 26.1 Å². The Kier molecular flexibility index (Phi) is 4.64. The normalized spacial score (nSPS) is 21.6. The van der Waals surface area contributed by atoms with E-state index in [0.29, 0.717) is 12.0 Å². The number of hydrogen-bond donors (Lipinski definition) is 1. The van der Waals surface area contributed by atoms with Crippen LogP contribution in [0.2, 0.25) is 0 Å². The molecular formula is C17H27NO. The van der Waals surface area contributed by atoms with Crippen LogP contribution < -0.4 is 5.32 Å². The maximum Gasteiger partial charge on any atom is 0.0513 e. The lowest BCUT2D eigenvalue weighted by Gasteiger charge is -2.26. The van der Waals surface area contributed by atoms with E-state index in [1.165, 1.54) is 11.1 Å². The summed E-state index contributed by atoms with van der Waals surface area (Å²) < 4.78 is 5.52. The topological polar surface area (TPSA) is 21.3 Å². The van der Waals surface area contributed by atoms with Crippen molar-refractivity contribution in [3.05, 3.63) is 35.4 Å². The zero-order valence-corrected chi connectivity index (χ0v) is 12.7. The van der Waals surface area contributed by atoms with Crippen molar-refractivity contribution in [3.63, 3.8) is 0 Å². The Morgan fingerprint density at radius 1 is 1.32 bits per heavy atom. The van der Waals surface area contributed by atoms with E-state index in [1.54, 1.807) is 0 Å². The molecule has 0 saturated carbocycles. The Morgan fingerprint density at radius 3 is 2.47 bits per heavy atom. The van der Waals surface area contributed by atoms with Crippen LogP contribution in [0.15, 0.2) is 24.3 Å². The summed E-state index contributed by atoms with van der Waals surface area (Å²) in [6.45, 7) is 8.66. The Balaban J connectivity index is 2.16. The van der Waals surface area contributed by atoms with Gasteiger partial charge in [0.2, 0.25) is 0 Å². The second-order valence-electron chi connectivity index (χ2n) is 6.25. The van der Waals surface area contributed by atoms with E-state index in [-0.39, 0.29) is 5.41 Å². The zero-order valence-electron chi connectivity index (χ0n) is 12.7. The van der Waals surface area contributed by atoms with E-state index in [9.17, 15) is 0 Å².